The highest BCUT2D eigenvalue weighted by atomic mass is 32.3. The van der Waals surface area contributed by atoms with Crippen molar-refractivity contribution in [3.05, 3.63) is 54.4 Å². The summed E-state index contributed by atoms with van der Waals surface area (Å²) in [6.07, 6.45) is 6.81. The Morgan fingerprint density at radius 1 is 1.09 bits per heavy atom. The third-order valence-corrected chi connectivity index (χ3v) is 12.4. The van der Waals surface area contributed by atoms with E-state index < -0.39 is 10.0 Å². The van der Waals surface area contributed by atoms with Gasteiger partial charge in [-0.1, -0.05) is 38.5 Å². The number of para-hydroxylation sites is 1. The summed E-state index contributed by atoms with van der Waals surface area (Å²) in [6.45, 7) is 7.43. The predicted octanol–water partition coefficient (Wildman–Crippen LogP) is 3.45. The molecule has 3 atom stereocenters. The van der Waals surface area contributed by atoms with Crippen LogP contribution in [0.4, 0.5) is 5.69 Å². The highest BCUT2D eigenvalue weighted by Crippen LogP contribution is 2.67. The van der Waals surface area contributed by atoms with Gasteiger partial charge in [0.05, 0.1) is 11.1 Å². The quantitative estimate of drug-likeness (QED) is 0.397. The molecule has 3 unspecified atom stereocenters. The van der Waals surface area contributed by atoms with E-state index >= 15 is 0 Å². The van der Waals surface area contributed by atoms with Crippen molar-refractivity contribution in [3.8, 4) is 0 Å². The number of unbranched alkanes of at least 4 members (excludes halogenated alkanes) is 2. The van der Waals surface area contributed by atoms with Gasteiger partial charge in [0.2, 0.25) is 11.8 Å². The van der Waals surface area contributed by atoms with Crippen molar-refractivity contribution >= 4 is 43.2 Å². The Bertz CT molecular complexity index is 972. The van der Waals surface area contributed by atoms with Crippen molar-refractivity contribution in [1.82, 2.24) is 10.3 Å². The van der Waals surface area contributed by atoms with E-state index in [0.717, 1.165) is 42.0 Å². The van der Waals surface area contributed by atoms with Crippen LogP contribution >= 0.6 is 10.0 Å². The predicted molar refractivity (Wildman–Crippen MR) is 150 cm³/mol. The highest BCUT2D eigenvalue weighted by Gasteiger charge is 2.44. The van der Waals surface area contributed by atoms with Crippen molar-refractivity contribution in [3.63, 3.8) is 0 Å². The highest BCUT2D eigenvalue weighted by molar-refractivity contribution is 8.34. The standard InChI is InChI=1S/C26H39B2N3O2S/c1-4-34(5-2)19(3)31(21-13-8-9-14-22(21)34)23(32)15-7-6-10-17-30-26(33)25(28)24(27)20-12-11-16-29-18-20/h8-9,11-14,16,18-19,24-25H,4-7,10,15,17,27-28H2,1-3H3,(H,30,33). The van der Waals surface area contributed by atoms with Gasteiger partial charge in [0.1, 0.15) is 15.7 Å². The summed E-state index contributed by atoms with van der Waals surface area (Å²) in [5, 5.41) is 3.33. The smallest absolute Gasteiger partial charge is 0.227 e. The molecule has 0 radical (unpaired) electrons. The summed E-state index contributed by atoms with van der Waals surface area (Å²) in [4.78, 5) is 33.4. The van der Waals surface area contributed by atoms with Crippen molar-refractivity contribution in [2.75, 3.05) is 23.0 Å². The van der Waals surface area contributed by atoms with Gasteiger partial charge in [-0.15, -0.1) is 0 Å². The molecular formula is C26H39B2N3O2S. The van der Waals surface area contributed by atoms with E-state index in [1.165, 1.54) is 4.90 Å². The Hall–Kier alpha value is -2.21. The number of benzene rings is 1. The van der Waals surface area contributed by atoms with E-state index in [-0.39, 0.29) is 28.8 Å². The Morgan fingerprint density at radius 2 is 1.82 bits per heavy atom. The van der Waals surface area contributed by atoms with Gasteiger partial charge in [0.25, 0.3) is 0 Å². The molecule has 1 aliphatic heterocycles. The van der Waals surface area contributed by atoms with E-state index in [0.29, 0.717) is 13.0 Å². The minimum Gasteiger partial charge on any atom is -0.356 e. The van der Waals surface area contributed by atoms with Crippen molar-refractivity contribution in [1.29, 1.82) is 0 Å². The van der Waals surface area contributed by atoms with Gasteiger partial charge < -0.3 is 10.2 Å². The molecule has 2 heterocycles. The fourth-order valence-corrected chi connectivity index (χ4v) is 9.08. The summed E-state index contributed by atoms with van der Waals surface area (Å²) in [5.41, 5.74) is 2.21. The molecule has 2 amide bonds. The van der Waals surface area contributed by atoms with Gasteiger partial charge in [0.15, 0.2) is 0 Å². The minimum absolute atomic E-state index is 0.0772. The van der Waals surface area contributed by atoms with Crippen LogP contribution in [0.3, 0.4) is 0 Å². The second-order valence-electron chi connectivity index (χ2n) is 9.32. The normalized spacial score (nSPS) is 19.1. The number of anilines is 1. The van der Waals surface area contributed by atoms with Crippen LogP contribution in [0, 0.1) is 0 Å². The number of fused-ring (bicyclic) bond motifs is 1. The molecule has 0 saturated heterocycles. The number of carbonyl (C=O) groups is 2. The van der Waals surface area contributed by atoms with Crippen LogP contribution in [0.2, 0.25) is 5.82 Å². The largest absolute Gasteiger partial charge is 0.356 e. The molecule has 0 aliphatic carbocycles. The summed E-state index contributed by atoms with van der Waals surface area (Å²) in [7, 11) is 3.04. The number of pyridine rings is 1. The average Bonchev–Trinajstić information content (AvgIpc) is 3.13. The van der Waals surface area contributed by atoms with Gasteiger partial charge in [-0.3, -0.25) is 14.6 Å². The van der Waals surface area contributed by atoms with Gasteiger partial charge in [-0.05, 0) is 60.9 Å². The Balaban J connectivity index is 1.44. The molecular weight excluding hydrogens is 440 g/mol. The third kappa shape index (κ3) is 5.37. The molecule has 0 saturated carbocycles. The second kappa shape index (κ2) is 12.0. The zero-order valence-corrected chi connectivity index (χ0v) is 22.2. The van der Waals surface area contributed by atoms with Gasteiger partial charge in [-0.2, -0.15) is 10.0 Å². The molecule has 0 bridgehead atoms. The van der Waals surface area contributed by atoms with Crippen LogP contribution in [0.5, 0.6) is 0 Å². The van der Waals surface area contributed by atoms with Crippen LogP contribution in [-0.2, 0) is 9.59 Å². The number of amides is 2. The molecule has 0 fully saturated rings. The lowest BCUT2D eigenvalue weighted by Gasteiger charge is -2.40. The first-order valence-electron chi connectivity index (χ1n) is 12.7. The lowest BCUT2D eigenvalue weighted by molar-refractivity contribution is -0.121. The second-order valence-corrected chi connectivity index (χ2v) is 13.5. The Morgan fingerprint density at radius 3 is 2.50 bits per heavy atom. The molecule has 1 N–H and O–H groups in total. The van der Waals surface area contributed by atoms with Crippen molar-refractivity contribution < 1.29 is 9.59 Å². The molecule has 3 rings (SSSR count). The maximum atomic E-state index is 13.2. The molecule has 1 aromatic heterocycles. The molecule has 5 nitrogen and oxygen atoms in total. The zero-order valence-electron chi connectivity index (χ0n) is 21.4. The first-order valence-corrected chi connectivity index (χ1v) is 14.8. The van der Waals surface area contributed by atoms with Crippen LogP contribution in [0.15, 0.2) is 53.7 Å². The molecule has 1 aliphatic rings. The third-order valence-electron chi connectivity index (χ3n) is 7.62. The number of nitrogens with zero attached hydrogens (tertiary/aromatic N) is 2. The molecule has 0 spiro atoms. The van der Waals surface area contributed by atoms with E-state index in [4.69, 9.17) is 0 Å². The average molecular weight is 479 g/mol. The summed E-state index contributed by atoms with van der Waals surface area (Å²) in [6, 6.07) is 12.4. The van der Waals surface area contributed by atoms with Crippen LogP contribution in [-0.4, -0.2) is 55.9 Å². The van der Waals surface area contributed by atoms with Crippen LogP contribution in [0.1, 0.15) is 57.8 Å². The van der Waals surface area contributed by atoms with Gasteiger partial charge >= 0.3 is 0 Å². The SMILES string of the molecule is BC(C(=O)NCCCCCC(=O)N1c2ccccc2S(CC)(CC)C1C)C(B)c1cccnc1. The van der Waals surface area contributed by atoms with E-state index in [9.17, 15) is 9.59 Å². The topological polar surface area (TPSA) is 62.3 Å². The fourth-order valence-electron chi connectivity index (χ4n) is 5.15. The first kappa shape index (κ1) is 26.4. The Labute approximate surface area is 208 Å². The maximum absolute atomic E-state index is 13.2. The molecule has 8 heteroatoms. The fraction of sp³-hybridized carbons (Fsp3) is 0.500. The number of hydrogen-bond donors (Lipinski definition) is 1. The minimum atomic E-state index is -1.000. The monoisotopic (exact) mass is 479 g/mol. The molecule has 1 aromatic carbocycles. The molecule has 2 aromatic rings. The van der Waals surface area contributed by atoms with Crippen molar-refractivity contribution in [2.45, 2.75) is 68.4 Å². The Kier molecular flexibility index (Phi) is 9.29. The first-order chi connectivity index (χ1) is 16.4. The number of rotatable bonds is 11. The lowest BCUT2D eigenvalue weighted by atomic mass is 9.63. The summed E-state index contributed by atoms with van der Waals surface area (Å²) in [5.74, 6) is 2.55. The van der Waals surface area contributed by atoms with Crippen LogP contribution in [0.25, 0.3) is 0 Å². The number of aromatic nitrogens is 1. The molecule has 182 valence electrons. The zero-order chi connectivity index (χ0) is 24.7. The van der Waals surface area contributed by atoms with E-state index in [1.54, 1.807) is 6.20 Å². The van der Waals surface area contributed by atoms with E-state index in [2.05, 4.69) is 62.0 Å². The maximum Gasteiger partial charge on any atom is 0.227 e. The summed E-state index contributed by atoms with van der Waals surface area (Å²) >= 11 is 0. The van der Waals surface area contributed by atoms with Crippen molar-refractivity contribution in [2.24, 2.45) is 0 Å². The molecule has 34 heavy (non-hydrogen) atoms. The number of hydrogen-bond acceptors (Lipinski definition) is 3. The van der Waals surface area contributed by atoms with E-state index in [1.807, 2.05) is 32.2 Å². The van der Waals surface area contributed by atoms with Gasteiger partial charge in [0, 0.05) is 36.1 Å². The van der Waals surface area contributed by atoms with Crippen LogP contribution < -0.4 is 10.2 Å². The number of carbonyl (C=O) groups excluding carboxylic acids is 2. The number of nitrogens with one attached hydrogen (secondary N) is 1. The summed E-state index contributed by atoms with van der Waals surface area (Å²) < 4.78 is 0. The van der Waals surface area contributed by atoms with Gasteiger partial charge in [-0.25, -0.2) is 0 Å². The lowest BCUT2D eigenvalue weighted by Crippen LogP contribution is -2.37.